The Bertz CT molecular complexity index is 1210. The van der Waals surface area contributed by atoms with E-state index in [2.05, 4.69) is 41.7 Å². The summed E-state index contributed by atoms with van der Waals surface area (Å²) in [6.45, 7) is 1.96. The Morgan fingerprint density at radius 3 is 1.88 bits per heavy atom. The molecule has 4 aromatic carbocycles. The molecule has 1 amide bonds. The van der Waals surface area contributed by atoms with Crippen LogP contribution in [0.1, 0.15) is 29.7 Å². The number of nitrogens with one attached hydrogen (secondary N) is 1. The molecule has 0 aliphatic rings. The minimum absolute atomic E-state index is 0.135. The van der Waals surface area contributed by atoms with E-state index in [1.54, 1.807) is 13.2 Å². The number of methoxy groups -OCH3 is 1. The van der Waals surface area contributed by atoms with Crippen LogP contribution in [0.5, 0.6) is 5.75 Å². The van der Waals surface area contributed by atoms with Crippen molar-refractivity contribution in [1.82, 2.24) is 5.32 Å². The summed E-state index contributed by atoms with van der Waals surface area (Å²) in [5.41, 5.74) is 6.27. The highest BCUT2D eigenvalue weighted by Crippen LogP contribution is 2.25. The molecule has 0 bridgehead atoms. The maximum atomic E-state index is 13.0. The number of ether oxygens (including phenoxy) is 1. The van der Waals surface area contributed by atoms with Gasteiger partial charge in [0.05, 0.1) is 13.2 Å². The number of hydrogen-bond donors (Lipinski definition) is 1. The molecule has 164 valence electrons. The molecule has 0 unspecified atom stereocenters. The van der Waals surface area contributed by atoms with E-state index in [1.165, 1.54) is 5.56 Å². The van der Waals surface area contributed by atoms with Gasteiger partial charge in [0.2, 0.25) is 5.91 Å². The van der Waals surface area contributed by atoms with Gasteiger partial charge in [-0.3, -0.25) is 4.79 Å². The van der Waals surface area contributed by atoms with Gasteiger partial charge in [0, 0.05) is 6.08 Å². The first-order valence-corrected chi connectivity index (χ1v) is 11.0. The summed E-state index contributed by atoms with van der Waals surface area (Å²) in [4.78, 5) is 13.0. The molecule has 1 N–H and O–H groups in total. The predicted molar refractivity (Wildman–Crippen MR) is 135 cm³/mol. The van der Waals surface area contributed by atoms with Crippen molar-refractivity contribution in [2.24, 2.45) is 0 Å². The summed E-state index contributed by atoms with van der Waals surface area (Å²) in [5.74, 6) is 0.649. The normalized spacial score (nSPS) is 12.1. The lowest BCUT2D eigenvalue weighted by atomic mass is 9.98. The maximum Gasteiger partial charge on any atom is 0.245 e. The van der Waals surface area contributed by atoms with Crippen molar-refractivity contribution in [3.05, 3.63) is 132 Å². The van der Waals surface area contributed by atoms with Crippen LogP contribution in [0.4, 0.5) is 0 Å². The second kappa shape index (κ2) is 10.5. The molecule has 33 heavy (non-hydrogen) atoms. The molecular formula is C30H27NO2. The average molecular weight is 434 g/mol. The van der Waals surface area contributed by atoms with Crippen molar-refractivity contribution in [3.63, 3.8) is 0 Å². The molecule has 0 saturated carbocycles. The van der Waals surface area contributed by atoms with Crippen LogP contribution >= 0.6 is 0 Å². The van der Waals surface area contributed by atoms with Crippen molar-refractivity contribution in [2.45, 2.75) is 13.0 Å². The van der Waals surface area contributed by atoms with Crippen molar-refractivity contribution in [1.29, 1.82) is 0 Å². The fourth-order valence-corrected chi connectivity index (χ4v) is 3.82. The highest BCUT2D eigenvalue weighted by molar-refractivity contribution is 5.95. The van der Waals surface area contributed by atoms with Gasteiger partial charge in [0.25, 0.3) is 0 Å². The fourth-order valence-electron chi connectivity index (χ4n) is 3.82. The zero-order chi connectivity index (χ0) is 23.0. The lowest BCUT2D eigenvalue weighted by Crippen LogP contribution is -2.28. The van der Waals surface area contributed by atoms with Crippen LogP contribution in [0.3, 0.4) is 0 Å². The number of benzene rings is 4. The van der Waals surface area contributed by atoms with Gasteiger partial charge in [0.1, 0.15) is 5.75 Å². The standard InChI is InChI=1S/C30H27NO2/c1-22(23-13-15-25(16-14-23)24-9-5-3-6-10-24)21-29(32)31-30(26-11-7-4-8-12-26)27-17-19-28(33-2)20-18-27/h3-21,30H,1-2H3,(H,31,32)/b22-21-/t30-/m1/s1. The van der Waals surface area contributed by atoms with Gasteiger partial charge < -0.3 is 10.1 Å². The Morgan fingerprint density at radius 1 is 0.727 bits per heavy atom. The van der Waals surface area contributed by atoms with Crippen molar-refractivity contribution in [2.75, 3.05) is 7.11 Å². The number of hydrogen-bond acceptors (Lipinski definition) is 2. The second-order valence-corrected chi connectivity index (χ2v) is 7.90. The molecule has 0 aliphatic carbocycles. The summed E-state index contributed by atoms with van der Waals surface area (Å²) in [6.07, 6.45) is 1.66. The number of carbonyl (C=O) groups is 1. The number of allylic oxidation sites excluding steroid dienone is 1. The molecule has 0 radical (unpaired) electrons. The predicted octanol–water partition coefficient (Wildman–Crippen LogP) is 6.67. The van der Waals surface area contributed by atoms with E-state index in [1.807, 2.05) is 79.7 Å². The third-order valence-corrected chi connectivity index (χ3v) is 5.66. The van der Waals surface area contributed by atoms with Crippen LogP contribution in [0.15, 0.2) is 115 Å². The lowest BCUT2D eigenvalue weighted by molar-refractivity contribution is -0.116. The van der Waals surface area contributed by atoms with Crippen LogP contribution < -0.4 is 10.1 Å². The van der Waals surface area contributed by atoms with E-state index < -0.39 is 0 Å². The third-order valence-electron chi connectivity index (χ3n) is 5.66. The van der Waals surface area contributed by atoms with Crippen LogP contribution in [0.2, 0.25) is 0 Å². The minimum atomic E-state index is -0.255. The Morgan fingerprint density at radius 2 is 1.27 bits per heavy atom. The summed E-state index contributed by atoms with van der Waals surface area (Å²) in [6, 6.07) is 36.0. The van der Waals surface area contributed by atoms with Gasteiger partial charge in [0.15, 0.2) is 0 Å². The molecule has 3 heteroatoms. The highest BCUT2D eigenvalue weighted by atomic mass is 16.5. The molecule has 4 aromatic rings. The minimum Gasteiger partial charge on any atom is -0.497 e. The molecule has 0 heterocycles. The molecule has 4 rings (SSSR count). The highest BCUT2D eigenvalue weighted by Gasteiger charge is 2.16. The van der Waals surface area contributed by atoms with Crippen LogP contribution in [0.25, 0.3) is 16.7 Å². The Labute approximate surface area is 195 Å². The van der Waals surface area contributed by atoms with Gasteiger partial charge in [-0.15, -0.1) is 0 Å². The second-order valence-electron chi connectivity index (χ2n) is 7.90. The van der Waals surface area contributed by atoms with E-state index in [0.29, 0.717) is 0 Å². The van der Waals surface area contributed by atoms with E-state index >= 15 is 0 Å². The Balaban J connectivity index is 1.53. The van der Waals surface area contributed by atoms with Gasteiger partial charge in [-0.25, -0.2) is 0 Å². The van der Waals surface area contributed by atoms with E-state index in [-0.39, 0.29) is 11.9 Å². The van der Waals surface area contributed by atoms with Crippen molar-refractivity contribution >= 4 is 11.5 Å². The molecule has 0 fully saturated rings. The first-order valence-electron chi connectivity index (χ1n) is 11.0. The number of carbonyl (C=O) groups excluding carboxylic acids is 1. The van der Waals surface area contributed by atoms with Crippen LogP contribution in [0, 0.1) is 0 Å². The molecule has 3 nitrogen and oxygen atoms in total. The smallest absolute Gasteiger partial charge is 0.245 e. The van der Waals surface area contributed by atoms with Crippen LogP contribution in [-0.2, 0) is 4.79 Å². The van der Waals surface area contributed by atoms with Crippen molar-refractivity contribution < 1.29 is 9.53 Å². The Hall–Kier alpha value is -4.11. The van der Waals surface area contributed by atoms with E-state index in [0.717, 1.165) is 33.6 Å². The molecule has 0 aromatic heterocycles. The molecule has 1 atom stereocenters. The average Bonchev–Trinajstić information content (AvgIpc) is 2.88. The zero-order valence-corrected chi connectivity index (χ0v) is 18.9. The summed E-state index contributed by atoms with van der Waals surface area (Å²) < 4.78 is 5.28. The van der Waals surface area contributed by atoms with E-state index in [9.17, 15) is 4.79 Å². The number of amides is 1. The van der Waals surface area contributed by atoms with Gasteiger partial charge >= 0.3 is 0 Å². The third kappa shape index (κ3) is 5.58. The summed E-state index contributed by atoms with van der Waals surface area (Å²) in [7, 11) is 1.64. The van der Waals surface area contributed by atoms with Gasteiger partial charge in [-0.05, 0) is 52.4 Å². The molecule has 0 aliphatic heterocycles. The monoisotopic (exact) mass is 433 g/mol. The quantitative estimate of drug-likeness (QED) is 0.331. The topological polar surface area (TPSA) is 38.3 Å². The van der Waals surface area contributed by atoms with Gasteiger partial charge in [-0.1, -0.05) is 97.1 Å². The van der Waals surface area contributed by atoms with E-state index in [4.69, 9.17) is 4.74 Å². The summed E-state index contributed by atoms with van der Waals surface area (Å²) >= 11 is 0. The van der Waals surface area contributed by atoms with Gasteiger partial charge in [-0.2, -0.15) is 0 Å². The van der Waals surface area contributed by atoms with Crippen LogP contribution in [-0.4, -0.2) is 13.0 Å². The SMILES string of the molecule is COc1ccc([C@H](NC(=O)/C=C(/C)c2ccc(-c3ccccc3)cc2)c2ccccc2)cc1. The molecule has 0 saturated heterocycles. The largest absolute Gasteiger partial charge is 0.497 e. The zero-order valence-electron chi connectivity index (χ0n) is 18.9. The molecular weight excluding hydrogens is 406 g/mol. The Kier molecular flexibility index (Phi) is 7.01. The van der Waals surface area contributed by atoms with Crippen molar-refractivity contribution in [3.8, 4) is 16.9 Å². The first-order chi connectivity index (χ1) is 16.1. The summed E-state index contributed by atoms with van der Waals surface area (Å²) in [5, 5.41) is 3.17. The maximum absolute atomic E-state index is 13.0. The number of rotatable bonds is 7. The fraction of sp³-hybridized carbons (Fsp3) is 0.100. The molecule has 0 spiro atoms. The first kappa shape index (κ1) is 22.1. The lowest BCUT2D eigenvalue weighted by Gasteiger charge is -2.19.